The Kier molecular flexibility index (Phi) is 9.19. The molecule has 1 saturated heterocycles. The second kappa shape index (κ2) is 12.7. The highest BCUT2D eigenvalue weighted by Gasteiger charge is 2.29. The van der Waals surface area contributed by atoms with Crippen LogP contribution in [0.5, 0.6) is 5.75 Å². The maximum Gasteiger partial charge on any atom is 0.316 e. The van der Waals surface area contributed by atoms with Gasteiger partial charge >= 0.3 is 15.8 Å². The molecule has 1 aromatic heterocycles. The monoisotopic (exact) mass is 525 g/mol. The fourth-order valence-corrected chi connectivity index (χ4v) is 5.52. The van der Waals surface area contributed by atoms with E-state index < -0.39 is 10.2 Å². The molecule has 4 rings (SSSR count). The van der Waals surface area contributed by atoms with Gasteiger partial charge in [-0.05, 0) is 30.7 Å². The third-order valence-electron chi connectivity index (χ3n) is 6.35. The van der Waals surface area contributed by atoms with Crippen molar-refractivity contribution in [2.24, 2.45) is 0 Å². The number of benzene rings is 2. The lowest BCUT2D eigenvalue weighted by Gasteiger charge is -2.35. The molecule has 1 aliphatic rings. The van der Waals surface area contributed by atoms with Crippen LogP contribution in [0.3, 0.4) is 0 Å². The van der Waals surface area contributed by atoms with E-state index in [2.05, 4.69) is 16.7 Å². The van der Waals surface area contributed by atoms with E-state index >= 15 is 0 Å². The van der Waals surface area contributed by atoms with E-state index in [-0.39, 0.29) is 24.4 Å². The fourth-order valence-electron chi connectivity index (χ4n) is 4.31. The first-order valence-corrected chi connectivity index (χ1v) is 14.3. The molecular weight excluding hydrogens is 490 g/mol. The van der Waals surface area contributed by atoms with Crippen LogP contribution >= 0.6 is 0 Å². The molecule has 0 bridgehead atoms. The Hall–Kier alpha value is -3.37. The van der Waals surface area contributed by atoms with Crippen LogP contribution in [0.1, 0.15) is 39.0 Å². The average molecular weight is 526 g/mol. The van der Waals surface area contributed by atoms with E-state index in [1.165, 1.54) is 21.8 Å². The molecule has 0 amide bonds. The first kappa shape index (κ1) is 26.7. The van der Waals surface area contributed by atoms with Gasteiger partial charge in [0.25, 0.3) is 0 Å². The second-order valence-electron chi connectivity index (χ2n) is 9.03. The highest BCUT2D eigenvalue weighted by molar-refractivity contribution is 7.90. The molecule has 198 valence electrons. The van der Waals surface area contributed by atoms with Crippen molar-refractivity contribution < 1.29 is 13.2 Å². The Morgan fingerprint density at radius 1 is 0.892 bits per heavy atom. The van der Waals surface area contributed by atoms with Crippen LogP contribution in [0.25, 0.3) is 5.69 Å². The molecule has 37 heavy (non-hydrogen) atoms. The zero-order chi connectivity index (χ0) is 26.1. The van der Waals surface area contributed by atoms with Crippen LogP contribution in [0.2, 0.25) is 0 Å². The van der Waals surface area contributed by atoms with Crippen molar-refractivity contribution in [3.05, 3.63) is 77.2 Å². The molecule has 2 heterocycles. The van der Waals surface area contributed by atoms with E-state index in [1.807, 2.05) is 41.3 Å². The maximum atomic E-state index is 13.5. The zero-order valence-corrected chi connectivity index (χ0v) is 22.1. The van der Waals surface area contributed by atoms with Crippen LogP contribution in [-0.2, 0) is 10.2 Å². The number of rotatable bonds is 12. The van der Waals surface area contributed by atoms with E-state index in [0.717, 1.165) is 19.3 Å². The number of nitrogens with one attached hydrogen (secondary N) is 1. The number of unbranched alkanes of at least 4 members (excludes halogenated alkanes) is 4. The summed E-state index contributed by atoms with van der Waals surface area (Å²) in [5, 5.41) is 4.42. The number of hydrogen-bond acceptors (Lipinski definition) is 6. The van der Waals surface area contributed by atoms with E-state index in [4.69, 9.17) is 4.74 Å². The van der Waals surface area contributed by atoms with Crippen molar-refractivity contribution in [2.75, 3.05) is 42.4 Å². The van der Waals surface area contributed by atoms with Crippen LogP contribution in [0.15, 0.2) is 71.7 Å². The molecule has 1 fully saturated rings. The van der Waals surface area contributed by atoms with Gasteiger partial charge in [-0.2, -0.15) is 22.5 Å². The summed E-state index contributed by atoms with van der Waals surface area (Å²) in [6, 6.07) is 18.1. The number of para-hydroxylation sites is 2. The van der Waals surface area contributed by atoms with Crippen molar-refractivity contribution >= 4 is 21.6 Å². The largest absolute Gasteiger partial charge is 0.486 e. The summed E-state index contributed by atoms with van der Waals surface area (Å²) >= 11 is 0. The molecule has 0 aliphatic carbocycles. The molecule has 0 radical (unpaired) electrons. The van der Waals surface area contributed by atoms with Crippen molar-refractivity contribution in [1.29, 1.82) is 0 Å². The Bertz CT molecular complexity index is 1290. The predicted molar refractivity (Wildman–Crippen MR) is 147 cm³/mol. The third-order valence-corrected chi connectivity index (χ3v) is 7.89. The minimum Gasteiger partial charge on any atom is -0.486 e. The highest BCUT2D eigenvalue weighted by Crippen LogP contribution is 2.26. The first-order chi connectivity index (χ1) is 18.0. The molecule has 9 nitrogen and oxygen atoms in total. The number of nitrogens with zero attached hydrogens (tertiary/aromatic N) is 4. The number of piperazine rings is 1. The van der Waals surface area contributed by atoms with Gasteiger partial charge in [-0.1, -0.05) is 69.0 Å². The van der Waals surface area contributed by atoms with Gasteiger partial charge in [0.15, 0.2) is 0 Å². The van der Waals surface area contributed by atoms with Crippen LogP contribution in [0, 0.1) is 0 Å². The second-order valence-corrected chi connectivity index (χ2v) is 10.7. The fraction of sp³-hybridized carbons (Fsp3) is 0.407. The molecular formula is C27H35N5O4S. The number of ether oxygens (including phenoxy) is 1. The van der Waals surface area contributed by atoms with Gasteiger partial charge in [-0.25, -0.2) is 0 Å². The molecule has 3 aromatic rings. The van der Waals surface area contributed by atoms with Crippen molar-refractivity contribution in [3.63, 3.8) is 0 Å². The highest BCUT2D eigenvalue weighted by atomic mass is 32.2. The first-order valence-electron chi connectivity index (χ1n) is 12.9. The Morgan fingerprint density at radius 2 is 1.54 bits per heavy atom. The Labute approximate surface area is 218 Å². The van der Waals surface area contributed by atoms with Crippen LogP contribution in [0.4, 0.5) is 11.4 Å². The molecule has 1 N–H and O–H groups in total. The van der Waals surface area contributed by atoms with Crippen molar-refractivity contribution in [1.82, 2.24) is 14.1 Å². The summed E-state index contributed by atoms with van der Waals surface area (Å²) < 4.78 is 37.2. The zero-order valence-electron chi connectivity index (χ0n) is 21.3. The summed E-state index contributed by atoms with van der Waals surface area (Å²) in [7, 11) is -3.68. The SMILES string of the molecule is CCCCCCCOc1c(N2CCN(S(=O)(=O)Nc3ccccc3)CC2)cnn(-c2ccccc2)c1=O. The summed E-state index contributed by atoms with van der Waals surface area (Å²) in [5.41, 5.74) is 1.46. The lowest BCUT2D eigenvalue weighted by Crippen LogP contribution is -2.50. The summed E-state index contributed by atoms with van der Waals surface area (Å²) in [4.78, 5) is 15.4. The molecule has 0 spiro atoms. The van der Waals surface area contributed by atoms with E-state index in [1.54, 1.807) is 30.5 Å². The van der Waals surface area contributed by atoms with Crippen molar-refractivity contribution in [2.45, 2.75) is 39.0 Å². The van der Waals surface area contributed by atoms with Gasteiger partial charge in [0.1, 0.15) is 5.69 Å². The van der Waals surface area contributed by atoms with Gasteiger partial charge < -0.3 is 9.64 Å². The van der Waals surface area contributed by atoms with E-state index in [9.17, 15) is 13.2 Å². The van der Waals surface area contributed by atoms with Gasteiger partial charge in [-0.3, -0.25) is 9.52 Å². The standard InChI is InChI=1S/C27H35N5O4S/c1-2-3-4-5-12-21-36-26-25(22-28-32(27(26)33)24-15-10-7-11-16-24)30-17-19-31(20-18-30)37(34,35)29-23-13-8-6-9-14-23/h6-11,13-16,22,29H,2-5,12,17-21H2,1H3. The van der Waals surface area contributed by atoms with Crippen molar-refractivity contribution in [3.8, 4) is 11.4 Å². The summed E-state index contributed by atoms with van der Waals surface area (Å²) in [6.07, 6.45) is 7.06. The minimum atomic E-state index is -3.68. The van der Waals surface area contributed by atoms with Gasteiger partial charge in [-0.15, -0.1) is 0 Å². The molecule has 1 aliphatic heterocycles. The third kappa shape index (κ3) is 6.90. The quantitative estimate of drug-likeness (QED) is 0.358. The molecule has 0 unspecified atom stereocenters. The molecule has 10 heteroatoms. The number of aromatic nitrogens is 2. The molecule has 0 atom stereocenters. The topological polar surface area (TPSA) is 96.8 Å². The average Bonchev–Trinajstić information content (AvgIpc) is 2.92. The smallest absolute Gasteiger partial charge is 0.316 e. The maximum absolute atomic E-state index is 13.5. The van der Waals surface area contributed by atoms with E-state index in [0.29, 0.717) is 36.8 Å². The van der Waals surface area contributed by atoms with Crippen LogP contribution < -0.4 is 19.9 Å². The summed E-state index contributed by atoms with van der Waals surface area (Å²) in [5.74, 6) is 0.257. The van der Waals surface area contributed by atoms with Gasteiger partial charge in [0.05, 0.1) is 18.5 Å². The Morgan fingerprint density at radius 3 is 2.22 bits per heavy atom. The minimum absolute atomic E-state index is 0.257. The van der Waals surface area contributed by atoms with Gasteiger partial charge in [0.2, 0.25) is 5.75 Å². The molecule has 0 saturated carbocycles. The van der Waals surface area contributed by atoms with Crippen LogP contribution in [-0.4, -0.2) is 55.3 Å². The lowest BCUT2D eigenvalue weighted by atomic mass is 10.2. The lowest BCUT2D eigenvalue weighted by molar-refractivity contribution is 0.297. The van der Waals surface area contributed by atoms with Gasteiger partial charge in [0, 0.05) is 31.9 Å². The predicted octanol–water partition coefficient (Wildman–Crippen LogP) is 4.06. The number of anilines is 2. The molecule has 2 aromatic carbocycles. The normalized spacial score (nSPS) is 14.5. The Balaban J connectivity index is 1.49. The number of hydrogen-bond donors (Lipinski definition) is 1. The summed E-state index contributed by atoms with van der Waals surface area (Å²) in [6.45, 7) is 4.01.